The number of hydrogen-bond acceptors (Lipinski definition) is 4. The van der Waals surface area contributed by atoms with Gasteiger partial charge in [0.15, 0.2) is 0 Å². The van der Waals surface area contributed by atoms with Crippen LogP contribution in [0.2, 0.25) is 0 Å². The topological polar surface area (TPSA) is 77.2 Å². The Morgan fingerprint density at radius 3 is 2.31 bits per heavy atom. The zero-order valence-corrected chi connectivity index (χ0v) is 19.4. The molecule has 35 heavy (non-hydrogen) atoms. The standard InChI is InChI=1S/C29H27N3O3/c33-29(34)27(35-26-17-9-15-21-10-7-8-16-24(21)26)18-19-32-25(20-30-31-32)28(22-11-3-1-4-12-22)23-13-5-2-6-14-23/h1-6,9,11-15,17-18,20,28H,7-8,10,16,19H2,(H,33,34). The maximum Gasteiger partial charge on any atom is 0.371 e. The van der Waals surface area contributed by atoms with E-state index in [0.717, 1.165) is 48.1 Å². The highest BCUT2D eigenvalue weighted by Gasteiger charge is 2.22. The minimum atomic E-state index is -1.11. The van der Waals surface area contributed by atoms with Crippen LogP contribution in [0.1, 0.15) is 46.7 Å². The molecule has 0 unspecified atom stereocenters. The lowest BCUT2D eigenvalue weighted by Gasteiger charge is -2.20. The second-order valence-corrected chi connectivity index (χ2v) is 8.67. The predicted molar refractivity (Wildman–Crippen MR) is 133 cm³/mol. The summed E-state index contributed by atoms with van der Waals surface area (Å²) in [6.45, 7) is 0.224. The average Bonchev–Trinajstić information content (AvgIpc) is 3.36. The quantitative estimate of drug-likeness (QED) is 0.279. The lowest BCUT2D eigenvalue weighted by atomic mass is 9.89. The number of carbonyl (C=O) groups is 1. The van der Waals surface area contributed by atoms with E-state index in [9.17, 15) is 9.90 Å². The number of rotatable bonds is 8. The molecule has 0 aliphatic heterocycles. The molecule has 5 rings (SSSR count). The molecule has 1 aliphatic rings. The van der Waals surface area contributed by atoms with Gasteiger partial charge in [-0.15, -0.1) is 5.10 Å². The highest BCUT2D eigenvalue weighted by atomic mass is 16.5. The molecule has 0 saturated heterocycles. The molecule has 4 aromatic rings. The van der Waals surface area contributed by atoms with Crippen molar-refractivity contribution in [1.82, 2.24) is 15.0 Å². The number of aliphatic carboxylic acids is 1. The van der Waals surface area contributed by atoms with Gasteiger partial charge in [0.2, 0.25) is 5.76 Å². The van der Waals surface area contributed by atoms with Crippen molar-refractivity contribution in [2.45, 2.75) is 38.1 Å². The van der Waals surface area contributed by atoms with E-state index in [1.807, 2.05) is 48.5 Å². The normalized spacial score (nSPS) is 13.5. The van der Waals surface area contributed by atoms with Gasteiger partial charge in [-0.05, 0) is 60.1 Å². The van der Waals surface area contributed by atoms with Crippen molar-refractivity contribution in [2.24, 2.45) is 0 Å². The number of aromatic nitrogens is 3. The fourth-order valence-corrected chi connectivity index (χ4v) is 4.76. The Bertz CT molecular complexity index is 1290. The van der Waals surface area contributed by atoms with Crippen molar-refractivity contribution in [2.75, 3.05) is 0 Å². The molecule has 0 fully saturated rings. The van der Waals surface area contributed by atoms with Gasteiger partial charge < -0.3 is 9.84 Å². The minimum Gasteiger partial charge on any atom is -0.475 e. The van der Waals surface area contributed by atoms with Crippen LogP contribution in [0.5, 0.6) is 5.75 Å². The predicted octanol–water partition coefficient (Wildman–Crippen LogP) is 5.38. The second kappa shape index (κ2) is 10.4. The smallest absolute Gasteiger partial charge is 0.371 e. The number of carboxylic acids is 1. The summed E-state index contributed by atoms with van der Waals surface area (Å²) in [5.41, 5.74) is 5.44. The van der Waals surface area contributed by atoms with Crippen LogP contribution < -0.4 is 4.74 Å². The van der Waals surface area contributed by atoms with Crippen LogP contribution in [0.15, 0.2) is 96.9 Å². The number of fused-ring (bicyclic) bond motifs is 1. The third kappa shape index (κ3) is 5.01. The van der Waals surface area contributed by atoms with Crippen molar-refractivity contribution in [3.8, 4) is 5.75 Å². The maximum absolute atomic E-state index is 12.1. The molecule has 1 N–H and O–H groups in total. The van der Waals surface area contributed by atoms with E-state index < -0.39 is 5.97 Å². The summed E-state index contributed by atoms with van der Waals surface area (Å²) in [6.07, 6.45) is 7.45. The average molecular weight is 466 g/mol. The Balaban J connectivity index is 1.45. The minimum absolute atomic E-state index is 0.0869. The molecule has 0 bridgehead atoms. The monoisotopic (exact) mass is 465 g/mol. The Morgan fingerprint density at radius 1 is 0.943 bits per heavy atom. The number of benzene rings is 3. The summed E-state index contributed by atoms with van der Waals surface area (Å²) in [5.74, 6) is -0.679. The molecule has 0 atom stereocenters. The zero-order chi connectivity index (χ0) is 24.0. The molecule has 0 amide bonds. The van der Waals surface area contributed by atoms with Gasteiger partial charge in [0.05, 0.1) is 24.4 Å². The van der Waals surface area contributed by atoms with Gasteiger partial charge in [-0.3, -0.25) is 0 Å². The summed E-state index contributed by atoms with van der Waals surface area (Å²) < 4.78 is 7.68. The molecule has 0 radical (unpaired) electrons. The number of ether oxygens (including phenoxy) is 1. The lowest BCUT2D eigenvalue weighted by molar-refractivity contribution is -0.135. The highest BCUT2D eigenvalue weighted by Crippen LogP contribution is 2.32. The molecule has 6 nitrogen and oxygen atoms in total. The summed E-state index contributed by atoms with van der Waals surface area (Å²) in [7, 11) is 0. The first kappa shape index (κ1) is 22.6. The lowest BCUT2D eigenvalue weighted by Crippen LogP contribution is -2.15. The molecule has 0 saturated carbocycles. The fraction of sp³-hybridized carbons (Fsp3) is 0.207. The van der Waals surface area contributed by atoms with Gasteiger partial charge in [0, 0.05) is 0 Å². The van der Waals surface area contributed by atoms with Crippen molar-refractivity contribution in [3.63, 3.8) is 0 Å². The number of allylic oxidation sites excluding steroid dienone is 1. The zero-order valence-electron chi connectivity index (χ0n) is 19.4. The van der Waals surface area contributed by atoms with Gasteiger partial charge in [-0.25, -0.2) is 9.48 Å². The Hall–Kier alpha value is -4.19. The van der Waals surface area contributed by atoms with Crippen LogP contribution in [0.25, 0.3) is 0 Å². The molecule has 1 heterocycles. The molecule has 1 aromatic heterocycles. The van der Waals surface area contributed by atoms with E-state index in [4.69, 9.17) is 4.74 Å². The van der Waals surface area contributed by atoms with Crippen LogP contribution in [-0.4, -0.2) is 26.1 Å². The Morgan fingerprint density at radius 2 is 1.63 bits per heavy atom. The van der Waals surface area contributed by atoms with Crippen molar-refractivity contribution >= 4 is 5.97 Å². The first-order chi connectivity index (χ1) is 17.2. The highest BCUT2D eigenvalue weighted by molar-refractivity contribution is 5.84. The van der Waals surface area contributed by atoms with Gasteiger partial charge >= 0.3 is 5.97 Å². The number of hydrogen-bond donors (Lipinski definition) is 1. The third-order valence-electron chi connectivity index (χ3n) is 6.44. The van der Waals surface area contributed by atoms with Crippen molar-refractivity contribution < 1.29 is 14.6 Å². The van der Waals surface area contributed by atoms with Crippen molar-refractivity contribution in [3.05, 3.63) is 125 Å². The van der Waals surface area contributed by atoms with E-state index in [0.29, 0.717) is 5.75 Å². The largest absolute Gasteiger partial charge is 0.475 e. The number of nitrogens with zero attached hydrogens (tertiary/aromatic N) is 3. The van der Waals surface area contributed by atoms with Crippen LogP contribution in [0, 0.1) is 0 Å². The first-order valence-electron chi connectivity index (χ1n) is 11.9. The van der Waals surface area contributed by atoms with Gasteiger partial charge in [-0.2, -0.15) is 0 Å². The molecular formula is C29H27N3O3. The molecular weight excluding hydrogens is 438 g/mol. The Labute approximate surface area is 204 Å². The van der Waals surface area contributed by atoms with E-state index in [2.05, 4.69) is 40.6 Å². The van der Waals surface area contributed by atoms with Gasteiger partial charge in [-0.1, -0.05) is 78.0 Å². The summed E-state index contributed by atoms with van der Waals surface area (Å²) in [6, 6.07) is 26.2. The van der Waals surface area contributed by atoms with E-state index in [1.165, 1.54) is 5.56 Å². The molecule has 0 spiro atoms. The fourth-order valence-electron chi connectivity index (χ4n) is 4.76. The summed E-state index contributed by atoms with van der Waals surface area (Å²) in [4.78, 5) is 12.1. The molecule has 3 aromatic carbocycles. The second-order valence-electron chi connectivity index (χ2n) is 8.67. The maximum atomic E-state index is 12.1. The van der Waals surface area contributed by atoms with Gasteiger partial charge in [0.1, 0.15) is 5.75 Å². The summed E-state index contributed by atoms with van der Waals surface area (Å²) >= 11 is 0. The van der Waals surface area contributed by atoms with Crippen LogP contribution >= 0.6 is 0 Å². The van der Waals surface area contributed by atoms with Crippen molar-refractivity contribution in [1.29, 1.82) is 0 Å². The van der Waals surface area contributed by atoms with E-state index >= 15 is 0 Å². The van der Waals surface area contributed by atoms with Crippen LogP contribution in [0.4, 0.5) is 0 Å². The molecule has 176 valence electrons. The van der Waals surface area contributed by atoms with Crippen LogP contribution in [-0.2, 0) is 24.2 Å². The number of aryl methyl sites for hydroxylation is 1. The van der Waals surface area contributed by atoms with E-state index in [-0.39, 0.29) is 18.2 Å². The molecule has 1 aliphatic carbocycles. The number of carboxylic acid groups (broad SMARTS) is 1. The first-order valence-corrected chi connectivity index (χ1v) is 11.9. The SMILES string of the molecule is O=C(O)C(=CCn1nncc1C(c1ccccc1)c1ccccc1)Oc1cccc2c1CCCC2. The van der Waals surface area contributed by atoms with Crippen LogP contribution in [0.3, 0.4) is 0 Å². The molecule has 6 heteroatoms. The van der Waals surface area contributed by atoms with E-state index in [1.54, 1.807) is 17.0 Å². The summed E-state index contributed by atoms with van der Waals surface area (Å²) in [5, 5.41) is 18.3. The Kier molecular flexibility index (Phi) is 6.70. The third-order valence-corrected chi connectivity index (χ3v) is 6.44. The van der Waals surface area contributed by atoms with Gasteiger partial charge in [0.25, 0.3) is 0 Å².